The van der Waals surface area contributed by atoms with E-state index in [1.54, 1.807) is 12.2 Å². The monoisotopic (exact) mass is 172 g/mol. The van der Waals surface area contributed by atoms with E-state index in [1.807, 2.05) is 13.8 Å². The van der Waals surface area contributed by atoms with E-state index in [9.17, 15) is 4.39 Å². The summed E-state index contributed by atoms with van der Waals surface area (Å²) in [6.45, 7) is 3.71. The number of hydrogen-bond acceptors (Lipinski definition) is 2. The second-order valence-corrected chi connectivity index (χ2v) is 3.78. The number of rotatable bonds is 0. The Bertz CT molecular complexity index is 213. The standard InChI is InChI=1S/C9H13FO2/c1-9(2)11-7-4-3-6(10)5-8(7)12-9/h3-4,6-8H,5H2,1-2H3/t6-,7-,8+/m1/s1. The zero-order chi connectivity index (χ0) is 8.77. The van der Waals surface area contributed by atoms with Crippen LogP contribution in [0.5, 0.6) is 0 Å². The number of alkyl halides is 1. The van der Waals surface area contributed by atoms with Crippen molar-refractivity contribution in [3.63, 3.8) is 0 Å². The van der Waals surface area contributed by atoms with E-state index < -0.39 is 12.0 Å². The molecule has 1 saturated heterocycles. The Morgan fingerprint density at radius 1 is 1.33 bits per heavy atom. The van der Waals surface area contributed by atoms with Gasteiger partial charge in [-0.1, -0.05) is 12.2 Å². The topological polar surface area (TPSA) is 18.5 Å². The molecular formula is C9H13FO2. The van der Waals surface area contributed by atoms with Crippen molar-refractivity contribution in [3.05, 3.63) is 12.2 Å². The Hall–Kier alpha value is -0.410. The van der Waals surface area contributed by atoms with E-state index in [-0.39, 0.29) is 12.2 Å². The van der Waals surface area contributed by atoms with Crippen LogP contribution in [0.25, 0.3) is 0 Å². The van der Waals surface area contributed by atoms with Crippen molar-refractivity contribution < 1.29 is 13.9 Å². The first kappa shape index (κ1) is 8.20. The van der Waals surface area contributed by atoms with Crippen molar-refractivity contribution in [1.82, 2.24) is 0 Å². The molecule has 0 radical (unpaired) electrons. The molecule has 3 heteroatoms. The molecule has 2 nitrogen and oxygen atoms in total. The zero-order valence-electron chi connectivity index (χ0n) is 7.29. The Kier molecular flexibility index (Phi) is 1.73. The van der Waals surface area contributed by atoms with Crippen molar-refractivity contribution in [1.29, 1.82) is 0 Å². The minimum absolute atomic E-state index is 0.0491. The molecule has 0 amide bonds. The minimum atomic E-state index is -0.872. The van der Waals surface area contributed by atoms with Gasteiger partial charge in [0, 0.05) is 6.42 Å². The van der Waals surface area contributed by atoms with Gasteiger partial charge >= 0.3 is 0 Å². The van der Waals surface area contributed by atoms with Gasteiger partial charge in [0.05, 0.1) is 6.10 Å². The smallest absolute Gasteiger partial charge is 0.164 e. The third kappa shape index (κ3) is 1.39. The number of fused-ring (bicyclic) bond motifs is 1. The summed E-state index contributed by atoms with van der Waals surface area (Å²) < 4.78 is 23.9. The third-order valence-electron chi connectivity index (χ3n) is 2.19. The summed E-state index contributed by atoms with van der Waals surface area (Å²) in [6, 6.07) is 0. The van der Waals surface area contributed by atoms with Crippen LogP contribution in [0.15, 0.2) is 12.2 Å². The van der Waals surface area contributed by atoms with Crippen LogP contribution in [0.3, 0.4) is 0 Å². The quantitative estimate of drug-likeness (QED) is 0.519. The lowest BCUT2D eigenvalue weighted by Crippen LogP contribution is -2.27. The molecule has 0 aromatic carbocycles. The third-order valence-corrected chi connectivity index (χ3v) is 2.19. The molecule has 1 aliphatic heterocycles. The maximum absolute atomic E-state index is 12.9. The number of halogens is 1. The Morgan fingerprint density at radius 2 is 2.08 bits per heavy atom. The van der Waals surface area contributed by atoms with Crippen LogP contribution >= 0.6 is 0 Å². The van der Waals surface area contributed by atoms with Crippen LogP contribution in [-0.4, -0.2) is 24.2 Å². The zero-order valence-corrected chi connectivity index (χ0v) is 7.29. The summed E-state index contributed by atoms with van der Waals surface area (Å²) in [5.41, 5.74) is 0. The summed E-state index contributed by atoms with van der Waals surface area (Å²) >= 11 is 0. The van der Waals surface area contributed by atoms with Gasteiger partial charge in [0.15, 0.2) is 5.79 Å². The van der Waals surface area contributed by atoms with Crippen molar-refractivity contribution in [3.8, 4) is 0 Å². The molecule has 0 N–H and O–H groups in total. The lowest BCUT2D eigenvalue weighted by Gasteiger charge is -2.19. The molecular weight excluding hydrogens is 159 g/mol. The van der Waals surface area contributed by atoms with Crippen LogP contribution < -0.4 is 0 Å². The number of allylic oxidation sites excluding steroid dienone is 1. The number of ether oxygens (including phenoxy) is 2. The van der Waals surface area contributed by atoms with E-state index >= 15 is 0 Å². The number of hydrogen-bond donors (Lipinski definition) is 0. The molecule has 0 unspecified atom stereocenters. The minimum Gasteiger partial charge on any atom is -0.344 e. The van der Waals surface area contributed by atoms with Gasteiger partial charge in [0.1, 0.15) is 12.3 Å². The SMILES string of the molecule is CC1(C)O[C@H]2C[C@H](F)C=C[C@H]2O1. The molecule has 0 aromatic rings. The second-order valence-electron chi connectivity index (χ2n) is 3.78. The molecule has 1 heterocycles. The van der Waals surface area contributed by atoms with Crippen LogP contribution in [0, 0.1) is 0 Å². The van der Waals surface area contributed by atoms with Crippen LogP contribution in [0.1, 0.15) is 20.3 Å². The summed E-state index contributed by atoms with van der Waals surface area (Å²) in [6.07, 6.45) is 2.71. The van der Waals surface area contributed by atoms with E-state index in [1.165, 1.54) is 0 Å². The van der Waals surface area contributed by atoms with Crippen molar-refractivity contribution in [2.45, 2.75) is 44.4 Å². The highest BCUT2D eigenvalue weighted by atomic mass is 19.1. The Morgan fingerprint density at radius 3 is 2.83 bits per heavy atom. The molecule has 0 aromatic heterocycles. The second kappa shape index (κ2) is 2.54. The first-order valence-electron chi connectivity index (χ1n) is 4.25. The molecule has 2 aliphatic rings. The molecule has 1 aliphatic carbocycles. The van der Waals surface area contributed by atoms with E-state index in [0.29, 0.717) is 6.42 Å². The average Bonchev–Trinajstić information content (AvgIpc) is 2.21. The normalized spacial score (nSPS) is 44.4. The lowest BCUT2D eigenvalue weighted by atomic mass is 10.0. The van der Waals surface area contributed by atoms with Crippen molar-refractivity contribution >= 4 is 0 Å². The predicted molar refractivity (Wildman–Crippen MR) is 42.5 cm³/mol. The van der Waals surface area contributed by atoms with E-state index in [0.717, 1.165) is 0 Å². The van der Waals surface area contributed by atoms with Crippen LogP contribution in [0.2, 0.25) is 0 Å². The van der Waals surface area contributed by atoms with Crippen molar-refractivity contribution in [2.75, 3.05) is 0 Å². The first-order chi connectivity index (χ1) is 5.57. The van der Waals surface area contributed by atoms with Gasteiger partial charge in [0.2, 0.25) is 0 Å². The molecule has 68 valence electrons. The Balaban J connectivity index is 2.12. The van der Waals surface area contributed by atoms with Crippen LogP contribution in [-0.2, 0) is 9.47 Å². The van der Waals surface area contributed by atoms with Gasteiger partial charge in [-0.15, -0.1) is 0 Å². The van der Waals surface area contributed by atoms with Gasteiger partial charge in [-0.3, -0.25) is 0 Å². The molecule has 2 rings (SSSR count). The molecule has 0 spiro atoms. The highest BCUT2D eigenvalue weighted by Crippen LogP contribution is 2.34. The first-order valence-corrected chi connectivity index (χ1v) is 4.25. The lowest BCUT2D eigenvalue weighted by molar-refractivity contribution is -0.143. The summed E-state index contributed by atoms with van der Waals surface area (Å²) in [7, 11) is 0. The Labute approximate surface area is 71.4 Å². The van der Waals surface area contributed by atoms with Crippen LogP contribution in [0.4, 0.5) is 4.39 Å². The molecule has 12 heavy (non-hydrogen) atoms. The van der Waals surface area contributed by atoms with Gasteiger partial charge < -0.3 is 9.47 Å². The maximum atomic E-state index is 12.9. The molecule has 3 atom stereocenters. The highest BCUT2D eigenvalue weighted by molar-refractivity contribution is 5.07. The fraction of sp³-hybridized carbons (Fsp3) is 0.778. The highest BCUT2D eigenvalue weighted by Gasteiger charge is 2.42. The maximum Gasteiger partial charge on any atom is 0.164 e. The predicted octanol–water partition coefficient (Wildman–Crippen LogP) is 1.80. The van der Waals surface area contributed by atoms with E-state index in [2.05, 4.69) is 0 Å². The molecule has 0 saturated carbocycles. The van der Waals surface area contributed by atoms with E-state index in [4.69, 9.17) is 9.47 Å². The van der Waals surface area contributed by atoms with Gasteiger partial charge in [0.25, 0.3) is 0 Å². The fourth-order valence-corrected chi connectivity index (χ4v) is 1.74. The summed E-state index contributed by atoms with van der Waals surface area (Å²) in [5, 5.41) is 0. The van der Waals surface area contributed by atoms with Crippen molar-refractivity contribution in [2.24, 2.45) is 0 Å². The van der Waals surface area contributed by atoms with Gasteiger partial charge in [-0.05, 0) is 13.8 Å². The summed E-state index contributed by atoms with van der Waals surface area (Å²) in [5.74, 6) is -0.552. The molecule has 0 bridgehead atoms. The van der Waals surface area contributed by atoms with Gasteiger partial charge in [-0.25, -0.2) is 4.39 Å². The molecule has 1 fully saturated rings. The largest absolute Gasteiger partial charge is 0.344 e. The fourth-order valence-electron chi connectivity index (χ4n) is 1.74. The van der Waals surface area contributed by atoms with Gasteiger partial charge in [-0.2, -0.15) is 0 Å². The summed E-state index contributed by atoms with van der Waals surface area (Å²) in [4.78, 5) is 0. The average molecular weight is 172 g/mol.